The highest BCUT2D eigenvalue weighted by Gasteiger charge is 2.35. The van der Waals surface area contributed by atoms with E-state index in [1.54, 1.807) is 0 Å². The van der Waals surface area contributed by atoms with Gasteiger partial charge in [0.25, 0.3) is 0 Å². The summed E-state index contributed by atoms with van der Waals surface area (Å²) in [5.74, 6) is 1.98. The van der Waals surface area contributed by atoms with Crippen LogP contribution in [0.3, 0.4) is 0 Å². The van der Waals surface area contributed by atoms with Gasteiger partial charge in [-0.15, -0.1) is 0 Å². The second-order valence-electron chi connectivity index (χ2n) is 13.2. The first-order chi connectivity index (χ1) is 20.5. The SMILES string of the molecule is CCCC[P+](CCCC)(CCCC)CCCCOc1ccc(OCCCC[P+](CCCC)(CCCC)CCCC)cc1. The summed E-state index contributed by atoms with van der Waals surface area (Å²) >= 11 is 0. The Balaban J connectivity index is 2.44. The molecule has 1 aromatic rings. The molecule has 0 amide bonds. The first-order valence-corrected chi connectivity index (χ1v) is 23.6. The van der Waals surface area contributed by atoms with Gasteiger partial charge in [0.05, 0.1) is 62.5 Å². The summed E-state index contributed by atoms with van der Waals surface area (Å²) in [6.07, 6.45) is 33.9. The zero-order valence-corrected chi connectivity index (χ0v) is 31.2. The molecule has 4 heteroatoms. The third kappa shape index (κ3) is 17.8. The van der Waals surface area contributed by atoms with Gasteiger partial charge in [0.1, 0.15) is 11.5 Å². The third-order valence-corrected chi connectivity index (χ3v) is 19.5. The summed E-state index contributed by atoms with van der Waals surface area (Å²) in [7, 11) is -1.55. The van der Waals surface area contributed by atoms with Crippen LogP contribution < -0.4 is 9.47 Å². The second kappa shape index (κ2) is 26.0. The van der Waals surface area contributed by atoms with Crippen LogP contribution >= 0.6 is 14.5 Å². The third-order valence-electron chi connectivity index (χ3n) is 9.33. The van der Waals surface area contributed by atoms with Crippen LogP contribution in [0.4, 0.5) is 0 Å². The Morgan fingerprint density at radius 1 is 0.357 bits per heavy atom. The Bertz CT molecular complexity index is 616. The molecule has 0 aliphatic carbocycles. The van der Waals surface area contributed by atoms with E-state index in [2.05, 4.69) is 65.8 Å². The maximum absolute atomic E-state index is 6.16. The molecule has 0 aliphatic rings. The van der Waals surface area contributed by atoms with Gasteiger partial charge in [0, 0.05) is 14.5 Å². The summed E-state index contributed by atoms with van der Waals surface area (Å²) in [6.45, 7) is 15.9. The summed E-state index contributed by atoms with van der Waals surface area (Å²) in [5, 5.41) is 0. The van der Waals surface area contributed by atoms with Gasteiger partial charge in [-0.05, 0) is 88.5 Å². The molecule has 246 valence electrons. The lowest BCUT2D eigenvalue weighted by atomic mass is 10.3. The van der Waals surface area contributed by atoms with Crippen LogP contribution in [0.15, 0.2) is 24.3 Å². The van der Waals surface area contributed by atoms with Gasteiger partial charge in [-0.25, -0.2) is 0 Å². The van der Waals surface area contributed by atoms with Crippen molar-refractivity contribution in [3.63, 3.8) is 0 Å². The van der Waals surface area contributed by atoms with Crippen molar-refractivity contribution in [2.24, 2.45) is 0 Å². The lowest BCUT2D eigenvalue weighted by Gasteiger charge is -2.28. The summed E-state index contributed by atoms with van der Waals surface area (Å²) in [4.78, 5) is 0. The zero-order valence-electron chi connectivity index (χ0n) is 29.4. The van der Waals surface area contributed by atoms with E-state index in [9.17, 15) is 0 Å². The van der Waals surface area contributed by atoms with E-state index < -0.39 is 14.5 Å². The van der Waals surface area contributed by atoms with Gasteiger partial charge in [0.15, 0.2) is 0 Å². The fraction of sp³-hybridized carbons (Fsp3) is 0.842. The van der Waals surface area contributed by atoms with Crippen LogP contribution in [-0.4, -0.2) is 62.5 Å². The minimum atomic E-state index is -0.776. The van der Waals surface area contributed by atoms with Gasteiger partial charge in [0.2, 0.25) is 0 Å². The first-order valence-electron chi connectivity index (χ1n) is 18.6. The molecule has 0 atom stereocenters. The Hall–Kier alpha value is -0.320. The van der Waals surface area contributed by atoms with E-state index in [1.807, 2.05) is 0 Å². The van der Waals surface area contributed by atoms with Gasteiger partial charge in [-0.1, -0.05) is 80.1 Å². The van der Waals surface area contributed by atoms with E-state index in [4.69, 9.17) is 9.47 Å². The quantitative estimate of drug-likeness (QED) is 0.0626. The largest absolute Gasteiger partial charge is 0.494 e. The monoisotopic (exact) mass is 625 g/mol. The average molecular weight is 625 g/mol. The van der Waals surface area contributed by atoms with E-state index in [0.29, 0.717) is 0 Å². The topological polar surface area (TPSA) is 18.5 Å². The van der Waals surface area contributed by atoms with E-state index in [0.717, 1.165) is 24.7 Å². The van der Waals surface area contributed by atoms with E-state index >= 15 is 0 Å². The minimum Gasteiger partial charge on any atom is -0.494 e. The average Bonchev–Trinajstić information content (AvgIpc) is 3.02. The summed E-state index contributed by atoms with van der Waals surface area (Å²) in [5.41, 5.74) is 0. The predicted molar refractivity (Wildman–Crippen MR) is 198 cm³/mol. The van der Waals surface area contributed by atoms with Crippen molar-refractivity contribution < 1.29 is 9.47 Å². The molecule has 0 spiro atoms. The van der Waals surface area contributed by atoms with Crippen LogP contribution in [0.5, 0.6) is 11.5 Å². The molecule has 1 aromatic carbocycles. The molecular formula is C38H74O2P2+2. The number of ether oxygens (including phenoxy) is 2. The molecule has 0 aliphatic heterocycles. The van der Waals surface area contributed by atoms with Crippen LogP contribution in [0.25, 0.3) is 0 Å². The van der Waals surface area contributed by atoms with Crippen LogP contribution in [-0.2, 0) is 0 Å². The van der Waals surface area contributed by atoms with Crippen molar-refractivity contribution in [2.75, 3.05) is 62.5 Å². The van der Waals surface area contributed by atoms with E-state index in [-0.39, 0.29) is 0 Å². The fourth-order valence-electron chi connectivity index (χ4n) is 6.41. The Morgan fingerprint density at radius 3 is 0.833 bits per heavy atom. The molecule has 0 saturated carbocycles. The number of unbranched alkanes of at least 4 members (excludes halogenated alkanes) is 8. The lowest BCUT2D eigenvalue weighted by molar-refractivity contribution is 0.301. The summed E-state index contributed by atoms with van der Waals surface area (Å²) in [6, 6.07) is 8.42. The van der Waals surface area contributed by atoms with Crippen LogP contribution in [0.2, 0.25) is 0 Å². The van der Waals surface area contributed by atoms with Crippen LogP contribution in [0.1, 0.15) is 144 Å². The van der Waals surface area contributed by atoms with E-state index in [1.165, 1.54) is 152 Å². The van der Waals surface area contributed by atoms with Crippen molar-refractivity contribution >= 4 is 14.5 Å². The summed E-state index contributed by atoms with van der Waals surface area (Å²) < 4.78 is 12.3. The standard InChI is InChI=1S/C38H74O2P2/c1-7-13-29-41(30-14-8-2,31-15-9-3)35-21-19-27-39-37-23-25-38(26-24-37)40-28-20-22-36-42(32-16-10-4,33-17-11-5)34-18-12-6/h23-26H,7-22,27-36H2,1-6H3/q+2. The van der Waals surface area contributed by atoms with Crippen molar-refractivity contribution in [3.8, 4) is 11.5 Å². The van der Waals surface area contributed by atoms with Gasteiger partial charge in [-0.2, -0.15) is 0 Å². The molecule has 2 nitrogen and oxygen atoms in total. The zero-order chi connectivity index (χ0) is 30.8. The molecule has 0 aromatic heterocycles. The molecule has 0 N–H and O–H groups in total. The Morgan fingerprint density at radius 2 is 0.595 bits per heavy atom. The predicted octanol–water partition coefficient (Wildman–Crippen LogP) is 12.8. The maximum Gasteiger partial charge on any atom is 0.119 e. The highest BCUT2D eigenvalue weighted by molar-refractivity contribution is 7.76. The van der Waals surface area contributed by atoms with Crippen molar-refractivity contribution in [1.82, 2.24) is 0 Å². The Labute approximate surface area is 266 Å². The molecule has 0 unspecified atom stereocenters. The number of benzene rings is 1. The molecule has 0 bridgehead atoms. The normalized spacial score (nSPS) is 12.1. The highest BCUT2D eigenvalue weighted by Crippen LogP contribution is 2.62. The van der Waals surface area contributed by atoms with Gasteiger partial charge < -0.3 is 9.47 Å². The van der Waals surface area contributed by atoms with Crippen molar-refractivity contribution in [2.45, 2.75) is 144 Å². The number of hydrogen-bond acceptors (Lipinski definition) is 2. The van der Waals surface area contributed by atoms with Crippen molar-refractivity contribution in [1.29, 1.82) is 0 Å². The maximum atomic E-state index is 6.16. The fourth-order valence-corrected chi connectivity index (χ4v) is 16.8. The number of hydrogen-bond donors (Lipinski definition) is 0. The number of rotatable bonds is 30. The molecule has 42 heavy (non-hydrogen) atoms. The smallest absolute Gasteiger partial charge is 0.119 e. The van der Waals surface area contributed by atoms with Crippen LogP contribution in [0, 0.1) is 0 Å². The molecule has 0 fully saturated rings. The second-order valence-corrected chi connectivity index (χ2v) is 22.1. The lowest BCUT2D eigenvalue weighted by Crippen LogP contribution is -2.13. The van der Waals surface area contributed by atoms with Gasteiger partial charge >= 0.3 is 0 Å². The van der Waals surface area contributed by atoms with Gasteiger partial charge in [-0.3, -0.25) is 0 Å². The first kappa shape index (κ1) is 39.7. The Kier molecular flexibility index (Phi) is 24.5. The molecule has 0 radical (unpaired) electrons. The minimum absolute atomic E-state index is 0.776. The molecule has 1 rings (SSSR count). The highest BCUT2D eigenvalue weighted by atomic mass is 31.2. The molecule has 0 heterocycles. The molecule has 0 saturated heterocycles. The molecular weight excluding hydrogens is 550 g/mol. The van der Waals surface area contributed by atoms with Crippen molar-refractivity contribution in [3.05, 3.63) is 24.3 Å².